The van der Waals surface area contributed by atoms with Crippen LogP contribution < -0.4 is 5.32 Å². The standard InChI is InChI=1S/C22H25N3O4/c1-12(2)14(4)23-19(26)11-28-22(27)17-10-18(16-8-6-13(3)7-9-16)24-21-20(17)15(5)25-29-21/h6-10,12,14H,11H2,1-5H3,(H,23,26). The predicted octanol–water partition coefficient (Wildman–Crippen LogP) is 3.82. The molecule has 2 heterocycles. The smallest absolute Gasteiger partial charge is 0.339 e. The molecule has 0 saturated heterocycles. The van der Waals surface area contributed by atoms with E-state index >= 15 is 0 Å². The van der Waals surface area contributed by atoms with Crippen LogP contribution in [0.25, 0.3) is 22.4 Å². The number of ether oxygens (including phenoxy) is 1. The summed E-state index contributed by atoms with van der Waals surface area (Å²) >= 11 is 0. The van der Waals surface area contributed by atoms with Crippen molar-refractivity contribution in [1.29, 1.82) is 0 Å². The summed E-state index contributed by atoms with van der Waals surface area (Å²) in [7, 11) is 0. The number of aromatic nitrogens is 2. The lowest BCUT2D eigenvalue weighted by Crippen LogP contribution is -2.38. The topological polar surface area (TPSA) is 94.3 Å². The Labute approximate surface area is 169 Å². The van der Waals surface area contributed by atoms with Gasteiger partial charge >= 0.3 is 5.97 Å². The summed E-state index contributed by atoms with van der Waals surface area (Å²) in [5.74, 6) is -0.679. The number of hydrogen-bond donors (Lipinski definition) is 1. The number of esters is 1. The van der Waals surface area contributed by atoms with E-state index in [1.165, 1.54) is 0 Å². The maximum absolute atomic E-state index is 12.8. The lowest BCUT2D eigenvalue weighted by molar-refractivity contribution is -0.125. The van der Waals surface area contributed by atoms with Crippen molar-refractivity contribution in [3.63, 3.8) is 0 Å². The van der Waals surface area contributed by atoms with Gasteiger partial charge in [-0.25, -0.2) is 9.78 Å². The zero-order chi connectivity index (χ0) is 21.1. The number of hydrogen-bond acceptors (Lipinski definition) is 6. The normalized spacial score (nSPS) is 12.2. The fourth-order valence-electron chi connectivity index (χ4n) is 2.80. The van der Waals surface area contributed by atoms with Crippen LogP contribution in [0.15, 0.2) is 34.9 Å². The van der Waals surface area contributed by atoms with Gasteiger partial charge in [-0.15, -0.1) is 0 Å². The average molecular weight is 395 g/mol. The summed E-state index contributed by atoms with van der Waals surface area (Å²) in [4.78, 5) is 29.3. The Hall–Kier alpha value is -3.22. The zero-order valence-electron chi connectivity index (χ0n) is 17.3. The van der Waals surface area contributed by atoms with Gasteiger partial charge in [-0.3, -0.25) is 4.79 Å². The molecule has 29 heavy (non-hydrogen) atoms. The summed E-state index contributed by atoms with van der Waals surface area (Å²) < 4.78 is 10.5. The number of aryl methyl sites for hydroxylation is 2. The predicted molar refractivity (Wildman–Crippen MR) is 109 cm³/mol. The van der Waals surface area contributed by atoms with Gasteiger partial charge in [0.15, 0.2) is 6.61 Å². The highest BCUT2D eigenvalue weighted by molar-refractivity contribution is 6.04. The lowest BCUT2D eigenvalue weighted by Gasteiger charge is -2.17. The molecule has 0 spiro atoms. The van der Waals surface area contributed by atoms with Crippen molar-refractivity contribution >= 4 is 23.0 Å². The average Bonchev–Trinajstić information content (AvgIpc) is 3.06. The van der Waals surface area contributed by atoms with Crippen molar-refractivity contribution in [3.05, 3.63) is 47.2 Å². The van der Waals surface area contributed by atoms with Crippen LogP contribution in [0.1, 0.15) is 42.4 Å². The molecule has 0 bridgehead atoms. The maximum Gasteiger partial charge on any atom is 0.339 e. The minimum Gasteiger partial charge on any atom is -0.452 e. The van der Waals surface area contributed by atoms with E-state index in [1.807, 2.05) is 52.0 Å². The molecule has 0 aliphatic carbocycles. The summed E-state index contributed by atoms with van der Waals surface area (Å²) in [5, 5.41) is 7.22. The fourth-order valence-corrected chi connectivity index (χ4v) is 2.80. The quantitative estimate of drug-likeness (QED) is 0.638. The highest BCUT2D eigenvalue weighted by Gasteiger charge is 2.21. The first-order chi connectivity index (χ1) is 13.8. The molecule has 7 heteroatoms. The molecule has 0 fully saturated rings. The summed E-state index contributed by atoms with van der Waals surface area (Å²) in [6, 6.07) is 9.40. The Balaban J connectivity index is 1.87. The Bertz CT molecular complexity index is 1040. The van der Waals surface area contributed by atoms with Gasteiger partial charge in [-0.05, 0) is 32.8 Å². The molecule has 0 saturated carbocycles. The molecule has 7 nitrogen and oxygen atoms in total. The van der Waals surface area contributed by atoms with E-state index in [1.54, 1.807) is 13.0 Å². The van der Waals surface area contributed by atoms with E-state index < -0.39 is 5.97 Å². The molecule has 1 amide bonds. The van der Waals surface area contributed by atoms with Crippen LogP contribution in [-0.2, 0) is 9.53 Å². The Morgan fingerprint density at radius 2 is 1.83 bits per heavy atom. The van der Waals surface area contributed by atoms with Crippen molar-refractivity contribution < 1.29 is 18.8 Å². The molecule has 0 aliphatic rings. The Kier molecular flexibility index (Phi) is 5.96. The number of nitrogens with one attached hydrogen (secondary N) is 1. The second-order valence-electron chi connectivity index (χ2n) is 7.55. The van der Waals surface area contributed by atoms with Crippen molar-refractivity contribution in [2.24, 2.45) is 5.92 Å². The number of carbonyl (C=O) groups is 2. The van der Waals surface area contributed by atoms with Gasteiger partial charge < -0.3 is 14.6 Å². The molecule has 1 N–H and O–H groups in total. The van der Waals surface area contributed by atoms with Crippen molar-refractivity contribution in [1.82, 2.24) is 15.5 Å². The van der Waals surface area contributed by atoms with Gasteiger partial charge in [0, 0.05) is 11.6 Å². The van der Waals surface area contributed by atoms with E-state index in [-0.39, 0.29) is 35.8 Å². The third-order valence-corrected chi connectivity index (χ3v) is 4.91. The summed E-state index contributed by atoms with van der Waals surface area (Å²) in [5.41, 5.74) is 3.58. The number of fused-ring (bicyclic) bond motifs is 1. The SMILES string of the molecule is Cc1ccc(-c2cc(C(=O)OCC(=O)NC(C)C(C)C)c3c(C)noc3n2)cc1. The second kappa shape index (κ2) is 8.43. The van der Waals surface area contributed by atoms with Crippen LogP contribution in [-0.4, -0.2) is 34.7 Å². The third-order valence-electron chi connectivity index (χ3n) is 4.91. The van der Waals surface area contributed by atoms with E-state index in [2.05, 4.69) is 15.5 Å². The van der Waals surface area contributed by atoms with Crippen LogP contribution >= 0.6 is 0 Å². The molecule has 0 aliphatic heterocycles. The highest BCUT2D eigenvalue weighted by Crippen LogP contribution is 2.27. The largest absolute Gasteiger partial charge is 0.452 e. The van der Waals surface area contributed by atoms with Gasteiger partial charge in [-0.1, -0.05) is 48.8 Å². The number of rotatable bonds is 6. The van der Waals surface area contributed by atoms with Crippen LogP contribution in [0.4, 0.5) is 0 Å². The molecule has 1 unspecified atom stereocenters. The zero-order valence-corrected chi connectivity index (χ0v) is 17.3. The number of pyridine rings is 1. The minimum atomic E-state index is -0.621. The molecule has 1 aromatic carbocycles. The first-order valence-corrected chi connectivity index (χ1v) is 9.56. The van der Waals surface area contributed by atoms with E-state index in [0.29, 0.717) is 16.8 Å². The monoisotopic (exact) mass is 395 g/mol. The third kappa shape index (κ3) is 4.62. The molecule has 152 valence electrons. The molecule has 1 atom stereocenters. The summed E-state index contributed by atoms with van der Waals surface area (Å²) in [6.07, 6.45) is 0. The van der Waals surface area contributed by atoms with E-state index in [0.717, 1.165) is 11.1 Å². The molecule has 3 aromatic rings. The lowest BCUT2D eigenvalue weighted by atomic mass is 10.0. The second-order valence-corrected chi connectivity index (χ2v) is 7.55. The maximum atomic E-state index is 12.8. The Morgan fingerprint density at radius 1 is 1.14 bits per heavy atom. The van der Waals surface area contributed by atoms with Gasteiger partial charge in [0.05, 0.1) is 22.3 Å². The van der Waals surface area contributed by atoms with Crippen molar-refractivity contribution in [2.75, 3.05) is 6.61 Å². The number of carbonyl (C=O) groups excluding carboxylic acids is 2. The van der Waals surface area contributed by atoms with Gasteiger partial charge in [0.2, 0.25) is 0 Å². The first-order valence-electron chi connectivity index (χ1n) is 9.56. The number of nitrogens with zero attached hydrogens (tertiary/aromatic N) is 2. The highest BCUT2D eigenvalue weighted by atomic mass is 16.5. The minimum absolute atomic E-state index is 0.0118. The van der Waals surface area contributed by atoms with Crippen LogP contribution in [0.2, 0.25) is 0 Å². The van der Waals surface area contributed by atoms with Crippen LogP contribution in [0.3, 0.4) is 0 Å². The molecule has 3 rings (SSSR count). The Morgan fingerprint density at radius 3 is 2.48 bits per heavy atom. The summed E-state index contributed by atoms with van der Waals surface area (Å²) in [6.45, 7) is 9.29. The van der Waals surface area contributed by atoms with Gasteiger partial charge in [0.25, 0.3) is 11.6 Å². The molecule has 0 radical (unpaired) electrons. The van der Waals surface area contributed by atoms with Gasteiger partial charge in [-0.2, -0.15) is 0 Å². The van der Waals surface area contributed by atoms with Crippen molar-refractivity contribution in [2.45, 2.75) is 40.7 Å². The molecule has 2 aromatic heterocycles. The van der Waals surface area contributed by atoms with E-state index in [9.17, 15) is 9.59 Å². The molecular weight excluding hydrogens is 370 g/mol. The van der Waals surface area contributed by atoms with Crippen molar-refractivity contribution in [3.8, 4) is 11.3 Å². The number of amides is 1. The van der Waals surface area contributed by atoms with E-state index in [4.69, 9.17) is 9.26 Å². The van der Waals surface area contributed by atoms with Crippen LogP contribution in [0, 0.1) is 19.8 Å². The first kappa shape index (κ1) is 20.5. The van der Waals surface area contributed by atoms with Gasteiger partial charge in [0.1, 0.15) is 0 Å². The fraction of sp³-hybridized carbons (Fsp3) is 0.364. The number of benzene rings is 1. The molecular formula is C22H25N3O4. The van der Waals surface area contributed by atoms with Crippen LogP contribution in [0.5, 0.6) is 0 Å².